The first-order valence-electron chi connectivity index (χ1n) is 6.38. The van der Waals surface area contributed by atoms with Crippen molar-refractivity contribution in [2.24, 2.45) is 0 Å². The molecule has 3 nitrogen and oxygen atoms in total. The van der Waals surface area contributed by atoms with Crippen molar-refractivity contribution in [2.45, 2.75) is 20.0 Å². The van der Waals surface area contributed by atoms with Crippen molar-refractivity contribution in [3.63, 3.8) is 0 Å². The second kappa shape index (κ2) is 6.03. The highest BCUT2D eigenvalue weighted by Crippen LogP contribution is 2.15. The van der Waals surface area contributed by atoms with Crippen molar-refractivity contribution >= 4 is 5.78 Å². The summed E-state index contributed by atoms with van der Waals surface area (Å²) in [5, 5.41) is 8.72. The minimum Gasteiger partial charge on any atom is -0.483 e. The molecule has 0 saturated heterocycles. The SMILES string of the molecule is Cc1ccc(C(=O)[C@@H](C)Oc2ccc(C#N)cc2)cc1. The average Bonchev–Trinajstić information content (AvgIpc) is 2.48. The molecular weight excluding hydrogens is 250 g/mol. The zero-order valence-corrected chi connectivity index (χ0v) is 11.5. The third-order valence-corrected chi connectivity index (χ3v) is 3.00. The minimum atomic E-state index is -0.564. The smallest absolute Gasteiger partial charge is 0.202 e. The number of carbonyl (C=O) groups excluding carboxylic acids is 1. The molecule has 0 aliphatic rings. The third-order valence-electron chi connectivity index (χ3n) is 3.00. The number of aryl methyl sites for hydroxylation is 1. The van der Waals surface area contributed by atoms with E-state index < -0.39 is 6.10 Å². The lowest BCUT2D eigenvalue weighted by Crippen LogP contribution is -2.23. The normalized spacial score (nSPS) is 11.4. The molecule has 0 saturated carbocycles. The van der Waals surface area contributed by atoms with Crippen LogP contribution >= 0.6 is 0 Å². The van der Waals surface area contributed by atoms with Crippen molar-refractivity contribution in [1.82, 2.24) is 0 Å². The molecule has 0 amide bonds. The second-order valence-electron chi connectivity index (χ2n) is 4.63. The second-order valence-corrected chi connectivity index (χ2v) is 4.63. The van der Waals surface area contributed by atoms with E-state index in [1.54, 1.807) is 43.3 Å². The largest absolute Gasteiger partial charge is 0.483 e. The van der Waals surface area contributed by atoms with Gasteiger partial charge in [-0.1, -0.05) is 29.8 Å². The molecule has 20 heavy (non-hydrogen) atoms. The molecule has 0 aliphatic carbocycles. The molecule has 0 radical (unpaired) electrons. The van der Waals surface area contributed by atoms with Gasteiger partial charge < -0.3 is 4.74 Å². The summed E-state index contributed by atoms with van der Waals surface area (Å²) in [6, 6.07) is 16.2. The van der Waals surface area contributed by atoms with E-state index in [2.05, 4.69) is 0 Å². The van der Waals surface area contributed by atoms with E-state index in [0.717, 1.165) is 5.56 Å². The number of carbonyl (C=O) groups is 1. The first-order chi connectivity index (χ1) is 9.60. The van der Waals surface area contributed by atoms with Gasteiger partial charge >= 0.3 is 0 Å². The first-order valence-corrected chi connectivity index (χ1v) is 6.38. The molecule has 0 spiro atoms. The van der Waals surface area contributed by atoms with E-state index in [4.69, 9.17) is 10.00 Å². The van der Waals surface area contributed by atoms with Crippen LogP contribution in [-0.4, -0.2) is 11.9 Å². The Morgan fingerprint density at radius 2 is 1.70 bits per heavy atom. The van der Waals surface area contributed by atoms with Crippen LogP contribution in [0.2, 0.25) is 0 Å². The number of Topliss-reactive ketones (excluding diaryl/α,β-unsaturated/α-hetero) is 1. The number of nitriles is 1. The number of hydrogen-bond acceptors (Lipinski definition) is 3. The average molecular weight is 265 g/mol. The molecule has 0 heterocycles. The molecule has 0 unspecified atom stereocenters. The minimum absolute atomic E-state index is 0.0608. The van der Waals surface area contributed by atoms with Gasteiger partial charge in [-0.2, -0.15) is 5.26 Å². The standard InChI is InChI=1S/C17H15NO2/c1-12-3-7-15(8-4-12)17(19)13(2)20-16-9-5-14(11-18)6-10-16/h3-10,13H,1-2H3/t13-/m1/s1. The zero-order chi connectivity index (χ0) is 14.5. The third kappa shape index (κ3) is 3.24. The molecule has 2 aromatic rings. The van der Waals surface area contributed by atoms with Gasteiger partial charge in [-0.15, -0.1) is 0 Å². The number of hydrogen-bond donors (Lipinski definition) is 0. The highest BCUT2D eigenvalue weighted by atomic mass is 16.5. The van der Waals surface area contributed by atoms with Crippen LogP contribution in [0.5, 0.6) is 5.75 Å². The van der Waals surface area contributed by atoms with Crippen LogP contribution in [0, 0.1) is 18.3 Å². The van der Waals surface area contributed by atoms with Gasteiger partial charge in [0, 0.05) is 5.56 Å². The van der Waals surface area contributed by atoms with E-state index in [0.29, 0.717) is 16.9 Å². The van der Waals surface area contributed by atoms with E-state index in [-0.39, 0.29) is 5.78 Å². The first kappa shape index (κ1) is 13.8. The highest BCUT2D eigenvalue weighted by molar-refractivity contribution is 5.99. The maximum atomic E-state index is 12.2. The maximum Gasteiger partial charge on any atom is 0.202 e. The van der Waals surface area contributed by atoms with Crippen molar-refractivity contribution in [3.8, 4) is 11.8 Å². The molecule has 2 aromatic carbocycles. The lowest BCUT2D eigenvalue weighted by molar-refractivity contribution is 0.0818. The Morgan fingerprint density at radius 3 is 2.25 bits per heavy atom. The zero-order valence-electron chi connectivity index (χ0n) is 11.5. The molecule has 0 fully saturated rings. The van der Waals surface area contributed by atoms with Gasteiger partial charge in [-0.3, -0.25) is 4.79 Å². The Balaban J connectivity index is 2.07. The highest BCUT2D eigenvalue weighted by Gasteiger charge is 2.16. The number of benzene rings is 2. The summed E-state index contributed by atoms with van der Waals surface area (Å²) >= 11 is 0. The number of nitrogens with zero attached hydrogens (tertiary/aromatic N) is 1. The molecule has 100 valence electrons. The van der Waals surface area contributed by atoms with Crippen molar-refractivity contribution in [1.29, 1.82) is 5.26 Å². The van der Waals surface area contributed by atoms with Gasteiger partial charge in [-0.05, 0) is 38.1 Å². The monoisotopic (exact) mass is 265 g/mol. The van der Waals surface area contributed by atoms with Crippen LogP contribution < -0.4 is 4.74 Å². The molecule has 2 rings (SSSR count). The Morgan fingerprint density at radius 1 is 1.10 bits per heavy atom. The molecule has 0 bridgehead atoms. The lowest BCUT2D eigenvalue weighted by atomic mass is 10.1. The van der Waals surface area contributed by atoms with E-state index in [1.807, 2.05) is 25.1 Å². The van der Waals surface area contributed by atoms with Gasteiger partial charge in [0.15, 0.2) is 6.10 Å². The van der Waals surface area contributed by atoms with Crippen LogP contribution in [0.1, 0.15) is 28.4 Å². The predicted octanol–water partition coefficient (Wildman–Crippen LogP) is 3.52. The van der Waals surface area contributed by atoms with Crippen LogP contribution in [0.15, 0.2) is 48.5 Å². The summed E-state index contributed by atoms with van der Waals surface area (Å²) in [5.74, 6) is 0.520. The van der Waals surface area contributed by atoms with Gasteiger partial charge in [0.05, 0.1) is 11.6 Å². The number of ether oxygens (including phenoxy) is 1. The fraction of sp³-hybridized carbons (Fsp3) is 0.176. The molecule has 0 aromatic heterocycles. The topological polar surface area (TPSA) is 50.1 Å². The van der Waals surface area contributed by atoms with Crippen LogP contribution in [0.25, 0.3) is 0 Å². The van der Waals surface area contributed by atoms with Crippen molar-refractivity contribution < 1.29 is 9.53 Å². The van der Waals surface area contributed by atoms with Crippen LogP contribution in [0.4, 0.5) is 0 Å². The maximum absolute atomic E-state index is 12.2. The van der Waals surface area contributed by atoms with Gasteiger partial charge in [0.1, 0.15) is 5.75 Å². The Bertz CT molecular complexity index is 636. The van der Waals surface area contributed by atoms with Gasteiger partial charge in [-0.25, -0.2) is 0 Å². The molecule has 0 aliphatic heterocycles. The lowest BCUT2D eigenvalue weighted by Gasteiger charge is -2.13. The molecule has 0 N–H and O–H groups in total. The molecular formula is C17H15NO2. The van der Waals surface area contributed by atoms with Gasteiger partial charge in [0.25, 0.3) is 0 Å². The summed E-state index contributed by atoms with van der Waals surface area (Å²) in [4.78, 5) is 12.2. The van der Waals surface area contributed by atoms with E-state index in [1.165, 1.54) is 0 Å². The van der Waals surface area contributed by atoms with E-state index in [9.17, 15) is 4.79 Å². The van der Waals surface area contributed by atoms with E-state index >= 15 is 0 Å². The predicted molar refractivity (Wildman–Crippen MR) is 76.8 cm³/mol. The quantitative estimate of drug-likeness (QED) is 0.795. The summed E-state index contributed by atoms with van der Waals surface area (Å²) < 4.78 is 5.60. The number of rotatable bonds is 4. The van der Waals surface area contributed by atoms with Crippen LogP contribution in [0.3, 0.4) is 0 Å². The molecule has 1 atom stereocenters. The Hall–Kier alpha value is -2.60. The number of ketones is 1. The van der Waals surface area contributed by atoms with Crippen molar-refractivity contribution in [3.05, 3.63) is 65.2 Å². The summed E-state index contributed by atoms with van der Waals surface area (Å²) in [7, 11) is 0. The summed E-state index contributed by atoms with van der Waals surface area (Å²) in [6.07, 6.45) is -0.564. The fourth-order valence-corrected chi connectivity index (χ4v) is 1.82. The summed E-state index contributed by atoms with van der Waals surface area (Å²) in [6.45, 7) is 3.70. The fourth-order valence-electron chi connectivity index (χ4n) is 1.82. The Labute approximate surface area is 118 Å². The van der Waals surface area contributed by atoms with Gasteiger partial charge in [0.2, 0.25) is 5.78 Å². The molecule has 3 heteroatoms. The van der Waals surface area contributed by atoms with Crippen molar-refractivity contribution in [2.75, 3.05) is 0 Å². The summed E-state index contributed by atoms with van der Waals surface area (Å²) in [5.41, 5.74) is 2.31. The Kier molecular flexibility index (Phi) is 4.17. The van der Waals surface area contributed by atoms with Crippen LogP contribution in [-0.2, 0) is 0 Å².